The van der Waals surface area contributed by atoms with E-state index in [2.05, 4.69) is 22.9 Å². The van der Waals surface area contributed by atoms with Crippen LogP contribution in [0.4, 0.5) is 4.39 Å². The van der Waals surface area contributed by atoms with E-state index in [-0.39, 0.29) is 5.82 Å². The molecule has 1 nitrogen and oxygen atoms in total. The molecule has 1 aromatic heterocycles. The predicted molar refractivity (Wildman–Crippen MR) is 70.0 cm³/mol. The molecule has 3 unspecified atom stereocenters. The summed E-state index contributed by atoms with van der Waals surface area (Å²) in [7, 11) is 0. The molecule has 1 aliphatic rings. The number of alkyl halides is 1. The third-order valence-electron chi connectivity index (χ3n) is 3.84. The Morgan fingerprint density at radius 2 is 2.18 bits per heavy atom. The van der Waals surface area contributed by atoms with Crippen LogP contribution in [0.5, 0.6) is 0 Å². The van der Waals surface area contributed by atoms with Crippen molar-refractivity contribution in [2.24, 2.45) is 5.92 Å². The average molecular weight is 297 g/mol. The van der Waals surface area contributed by atoms with E-state index in [9.17, 15) is 4.39 Å². The summed E-state index contributed by atoms with van der Waals surface area (Å²) < 4.78 is 19.3. The molecule has 2 aromatic rings. The fourth-order valence-corrected chi connectivity index (χ4v) is 3.38. The Morgan fingerprint density at radius 1 is 1.35 bits per heavy atom. The van der Waals surface area contributed by atoms with Crippen molar-refractivity contribution in [2.75, 3.05) is 0 Å². The quantitative estimate of drug-likeness (QED) is 0.686. The summed E-state index contributed by atoms with van der Waals surface area (Å²) in [6, 6.07) is 7.06. The van der Waals surface area contributed by atoms with Gasteiger partial charge in [-0.05, 0) is 30.9 Å². The molecule has 0 amide bonds. The Hall–Kier alpha value is -0.830. The summed E-state index contributed by atoms with van der Waals surface area (Å²) in [6.07, 6.45) is 2.27. The lowest BCUT2D eigenvalue weighted by molar-refractivity contribution is 0.429. The predicted octanol–water partition coefficient (Wildman–Crippen LogP) is 4.85. The lowest BCUT2D eigenvalue weighted by atomic mass is 9.95. The van der Waals surface area contributed by atoms with Gasteiger partial charge in [-0.3, -0.25) is 0 Å². The van der Waals surface area contributed by atoms with Crippen LogP contribution in [-0.4, -0.2) is 4.83 Å². The molecule has 0 saturated heterocycles. The molecule has 0 bridgehead atoms. The fourth-order valence-electron chi connectivity index (χ4n) is 2.75. The van der Waals surface area contributed by atoms with Gasteiger partial charge in [-0.25, -0.2) is 4.39 Å². The first-order chi connectivity index (χ1) is 8.16. The molecule has 1 heterocycles. The van der Waals surface area contributed by atoms with Crippen molar-refractivity contribution in [1.29, 1.82) is 0 Å². The molecule has 1 aliphatic carbocycles. The highest BCUT2D eigenvalue weighted by Gasteiger charge is 2.34. The number of halogens is 2. The van der Waals surface area contributed by atoms with E-state index in [1.54, 1.807) is 6.07 Å². The van der Waals surface area contributed by atoms with Gasteiger partial charge >= 0.3 is 0 Å². The van der Waals surface area contributed by atoms with E-state index < -0.39 is 0 Å². The molecule has 0 radical (unpaired) electrons. The molecule has 1 saturated carbocycles. The van der Waals surface area contributed by atoms with Crippen molar-refractivity contribution in [3.63, 3.8) is 0 Å². The van der Waals surface area contributed by atoms with Crippen LogP contribution in [0.1, 0.15) is 31.4 Å². The SMILES string of the molecule is CC1C(Br)CCC1c1cc2cccc(F)c2o1. The molecule has 3 rings (SSSR count). The minimum Gasteiger partial charge on any atom is -0.458 e. The molecule has 0 aliphatic heterocycles. The van der Waals surface area contributed by atoms with Crippen molar-refractivity contribution in [3.05, 3.63) is 35.8 Å². The van der Waals surface area contributed by atoms with E-state index in [1.807, 2.05) is 12.1 Å². The van der Waals surface area contributed by atoms with Gasteiger partial charge in [0, 0.05) is 16.1 Å². The van der Waals surface area contributed by atoms with Gasteiger partial charge in [0.25, 0.3) is 0 Å². The van der Waals surface area contributed by atoms with Crippen LogP contribution in [0, 0.1) is 11.7 Å². The number of benzene rings is 1. The van der Waals surface area contributed by atoms with Crippen molar-refractivity contribution < 1.29 is 8.81 Å². The zero-order chi connectivity index (χ0) is 12.0. The molecule has 0 N–H and O–H groups in total. The second-order valence-corrected chi connectivity index (χ2v) is 6.04. The van der Waals surface area contributed by atoms with Crippen LogP contribution >= 0.6 is 15.9 Å². The van der Waals surface area contributed by atoms with Crippen LogP contribution in [0.3, 0.4) is 0 Å². The standard InChI is InChI=1S/C14H14BrFO/c1-8-10(5-6-11(8)15)13-7-9-3-2-4-12(16)14(9)17-13/h2-4,7-8,10-11H,5-6H2,1H3. The molecule has 17 heavy (non-hydrogen) atoms. The van der Waals surface area contributed by atoms with E-state index in [0.717, 1.165) is 24.0 Å². The Labute approximate surface area is 108 Å². The van der Waals surface area contributed by atoms with Crippen molar-refractivity contribution in [3.8, 4) is 0 Å². The lowest BCUT2D eigenvalue weighted by Gasteiger charge is -2.14. The molecular weight excluding hydrogens is 283 g/mol. The topological polar surface area (TPSA) is 13.1 Å². The average Bonchev–Trinajstić information content (AvgIpc) is 2.85. The van der Waals surface area contributed by atoms with Gasteiger partial charge < -0.3 is 4.42 Å². The zero-order valence-electron chi connectivity index (χ0n) is 9.62. The highest BCUT2D eigenvalue weighted by molar-refractivity contribution is 9.09. The highest BCUT2D eigenvalue weighted by atomic mass is 79.9. The number of fused-ring (bicyclic) bond motifs is 1. The summed E-state index contributed by atoms with van der Waals surface area (Å²) in [5.74, 6) is 1.61. The van der Waals surface area contributed by atoms with Crippen molar-refractivity contribution >= 4 is 26.9 Å². The van der Waals surface area contributed by atoms with Crippen LogP contribution < -0.4 is 0 Å². The largest absolute Gasteiger partial charge is 0.458 e. The van der Waals surface area contributed by atoms with Gasteiger partial charge in [-0.2, -0.15) is 0 Å². The van der Waals surface area contributed by atoms with Gasteiger partial charge in [-0.1, -0.05) is 35.0 Å². The normalized spacial score (nSPS) is 29.0. The summed E-state index contributed by atoms with van der Waals surface area (Å²) in [5, 5.41) is 0.866. The molecule has 90 valence electrons. The van der Waals surface area contributed by atoms with Gasteiger partial charge in [0.15, 0.2) is 11.4 Å². The van der Waals surface area contributed by atoms with Gasteiger partial charge in [-0.15, -0.1) is 0 Å². The first-order valence-electron chi connectivity index (χ1n) is 5.99. The second-order valence-electron chi connectivity index (χ2n) is 4.87. The first kappa shape index (κ1) is 11.3. The van der Waals surface area contributed by atoms with Crippen LogP contribution in [0.2, 0.25) is 0 Å². The second kappa shape index (κ2) is 4.13. The maximum Gasteiger partial charge on any atom is 0.169 e. The Balaban J connectivity index is 2.04. The van der Waals surface area contributed by atoms with E-state index in [0.29, 0.717) is 22.2 Å². The minimum atomic E-state index is -0.269. The lowest BCUT2D eigenvalue weighted by Crippen LogP contribution is -2.08. The first-order valence-corrected chi connectivity index (χ1v) is 6.90. The van der Waals surface area contributed by atoms with Crippen molar-refractivity contribution in [2.45, 2.75) is 30.5 Å². The van der Waals surface area contributed by atoms with Gasteiger partial charge in [0.2, 0.25) is 0 Å². The summed E-state index contributed by atoms with van der Waals surface area (Å²) in [5.41, 5.74) is 0.396. The van der Waals surface area contributed by atoms with E-state index >= 15 is 0 Å². The number of para-hydroxylation sites is 1. The van der Waals surface area contributed by atoms with Crippen molar-refractivity contribution in [1.82, 2.24) is 0 Å². The summed E-state index contributed by atoms with van der Waals surface area (Å²) >= 11 is 3.68. The van der Waals surface area contributed by atoms with E-state index in [4.69, 9.17) is 4.42 Å². The smallest absolute Gasteiger partial charge is 0.169 e. The molecule has 1 fully saturated rings. The molecule has 3 atom stereocenters. The Kier molecular flexibility index (Phi) is 2.74. The number of furan rings is 1. The van der Waals surface area contributed by atoms with Gasteiger partial charge in [0.1, 0.15) is 5.76 Å². The van der Waals surface area contributed by atoms with Crippen LogP contribution in [0.25, 0.3) is 11.0 Å². The monoisotopic (exact) mass is 296 g/mol. The fraction of sp³-hybridized carbons (Fsp3) is 0.429. The highest BCUT2D eigenvalue weighted by Crippen LogP contribution is 2.44. The Morgan fingerprint density at radius 3 is 2.82 bits per heavy atom. The maximum atomic E-state index is 13.6. The zero-order valence-corrected chi connectivity index (χ0v) is 11.2. The number of hydrogen-bond donors (Lipinski definition) is 0. The summed E-state index contributed by atoms with van der Waals surface area (Å²) in [6.45, 7) is 2.22. The third kappa shape index (κ3) is 1.81. The molecule has 3 heteroatoms. The van der Waals surface area contributed by atoms with E-state index in [1.165, 1.54) is 6.07 Å². The van der Waals surface area contributed by atoms with Crippen LogP contribution in [0.15, 0.2) is 28.7 Å². The molecular formula is C14H14BrFO. The number of hydrogen-bond acceptors (Lipinski definition) is 1. The molecule has 1 aromatic carbocycles. The third-order valence-corrected chi connectivity index (χ3v) is 5.13. The number of rotatable bonds is 1. The van der Waals surface area contributed by atoms with Crippen LogP contribution in [-0.2, 0) is 0 Å². The molecule has 0 spiro atoms. The Bertz CT molecular complexity index is 548. The summed E-state index contributed by atoms with van der Waals surface area (Å²) in [4.78, 5) is 0.547. The maximum absolute atomic E-state index is 13.6. The van der Waals surface area contributed by atoms with Gasteiger partial charge in [0.05, 0.1) is 0 Å². The minimum absolute atomic E-state index is 0.269.